The minimum absolute atomic E-state index is 0.327. The average Bonchev–Trinajstić information content (AvgIpc) is 3.09. The Morgan fingerprint density at radius 3 is 2.29 bits per heavy atom. The maximum absolute atomic E-state index is 11.5. The Bertz CT molecular complexity index is 345. The molecule has 3 nitrogen and oxygen atoms in total. The predicted octanol–water partition coefficient (Wildman–Crippen LogP) is 1.65. The molecule has 2 saturated heterocycles. The summed E-state index contributed by atoms with van der Waals surface area (Å²) in [5, 5.41) is 0. The van der Waals surface area contributed by atoms with E-state index in [1.807, 2.05) is 11.9 Å². The van der Waals surface area contributed by atoms with Crippen LogP contribution >= 0.6 is 0 Å². The summed E-state index contributed by atoms with van der Waals surface area (Å²) < 4.78 is 0. The van der Waals surface area contributed by atoms with Gasteiger partial charge in [0.15, 0.2) is 0 Å². The van der Waals surface area contributed by atoms with E-state index in [4.69, 9.17) is 0 Å². The van der Waals surface area contributed by atoms with Gasteiger partial charge in [0.05, 0.1) is 0 Å². The van der Waals surface area contributed by atoms with Crippen molar-refractivity contribution in [2.24, 2.45) is 5.92 Å². The van der Waals surface area contributed by atoms with Crippen molar-refractivity contribution < 1.29 is 4.79 Å². The number of rotatable bonds is 2. The third-order valence-corrected chi connectivity index (χ3v) is 4.40. The van der Waals surface area contributed by atoms with Crippen LogP contribution in [0, 0.1) is 5.92 Å². The third-order valence-electron chi connectivity index (χ3n) is 4.40. The van der Waals surface area contributed by atoms with Gasteiger partial charge in [0.2, 0.25) is 5.91 Å². The second-order valence-corrected chi connectivity index (χ2v) is 5.85. The zero-order valence-electron chi connectivity index (χ0n) is 10.7. The van der Waals surface area contributed by atoms with E-state index in [-0.39, 0.29) is 0 Å². The Morgan fingerprint density at radius 2 is 1.76 bits per heavy atom. The van der Waals surface area contributed by atoms with Gasteiger partial charge in [0.1, 0.15) is 0 Å². The van der Waals surface area contributed by atoms with Crippen molar-refractivity contribution in [1.29, 1.82) is 0 Å². The van der Waals surface area contributed by atoms with Gasteiger partial charge in [-0.05, 0) is 31.6 Å². The highest BCUT2D eigenvalue weighted by atomic mass is 16.2. The van der Waals surface area contributed by atoms with Crippen molar-refractivity contribution in [3.05, 3.63) is 11.1 Å². The molecule has 1 aliphatic carbocycles. The van der Waals surface area contributed by atoms with E-state index in [1.165, 1.54) is 38.8 Å². The number of likely N-dealkylation sites (tertiary alicyclic amines) is 2. The van der Waals surface area contributed by atoms with Crippen molar-refractivity contribution >= 4 is 5.91 Å². The van der Waals surface area contributed by atoms with Gasteiger partial charge in [-0.3, -0.25) is 4.79 Å². The highest BCUT2D eigenvalue weighted by Gasteiger charge is 2.29. The van der Waals surface area contributed by atoms with Crippen LogP contribution in [0.4, 0.5) is 0 Å². The zero-order chi connectivity index (χ0) is 11.8. The number of piperidine rings is 1. The summed E-state index contributed by atoms with van der Waals surface area (Å²) in [6.07, 6.45) is 6.08. The summed E-state index contributed by atoms with van der Waals surface area (Å²) in [6, 6.07) is 0. The molecule has 0 aromatic rings. The van der Waals surface area contributed by atoms with Crippen LogP contribution in [0.5, 0.6) is 0 Å². The van der Waals surface area contributed by atoms with E-state index < -0.39 is 0 Å². The summed E-state index contributed by atoms with van der Waals surface area (Å²) >= 11 is 0. The molecule has 0 aromatic carbocycles. The van der Waals surface area contributed by atoms with Crippen LogP contribution in [0.3, 0.4) is 0 Å². The highest BCUT2D eigenvalue weighted by molar-refractivity contribution is 5.78. The summed E-state index contributed by atoms with van der Waals surface area (Å²) in [6.45, 7) is 4.52. The van der Waals surface area contributed by atoms with Crippen LogP contribution in [-0.4, -0.2) is 48.9 Å². The molecule has 3 rings (SSSR count). The molecule has 94 valence electrons. The van der Waals surface area contributed by atoms with Crippen molar-refractivity contribution in [3.8, 4) is 0 Å². The Balaban J connectivity index is 1.48. The summed E-state index contributed by atoms with van der Waals surface area (Å²) in [7, 11) is 1.92. The molecule has 1 unspecified atom stereocenters. The molecule has 3 fully saturated rings. The summed E-state index contributed by atoms with van der Waals surface area (Å²) in [5.41, 5.74) is 3.50. The average molecular weight is 234 g/mol. The first-order valence-corrected chi connectivity index (χ1v) is 6.88. The Kier molecular flexibility index (Phi) is 2.95. The van der Waals surface area contributed by atoms with Crippen molar-refractivity contribution in [1.82, 2.24) is 9.80 Å². The van der Waals surface area contributed by atoms with E-state index >= 15 is 0 Å². The minimum Gasteiger partial charge on any atom is -0.345 e. The fourth-order valence-electron chi connectivity index (χ4n) is 3.22. The normalized spacial score (nSPS) is 30.3. The zero-order valence-corrected chi connectivity index (χ0v) is 10.7. The Labute approximate surface area is 103 Å². The minimum atomic E-state index is 0.327. The maximum atomic E-state index is 11.5. The van der Waals surface area contributed by atoms with Crippen LogP contribution in [0.1, 0.15) is 32.1 Å². The molecule has 0 N–H and O–H groups in total. The van der Waals surface area contributed by atoms with Gasteiger partial charge in [-0.15, -0.1) is 0 Å². The van der Waals surface area contributed by atoms with Crippen LogP contribution < -0.4 is 0 Å². The van der Waals surface area contributed by atoms with E-state index in [0.717, 1.165) is 19.5 Å². The smallest absolute Gasteiger partial charge is 0.222 e. The van der Waals surface area contributed by atoms with Crippen LogP contribution in [0.25, 0.3) is 0 Å². The molecule has 2 aliphatic heterocycles. The topological polar surface area (TPSA) is 23.6 Å². The number of carbonyl (C=O) groups is 1. The molecule has 2 heterocycles. The molecule has 0 spiro atoms. The molecule has 1 amide bonds. The number of hydrogen-bond donors (Lipinski definition) is 0. The molecule has 0 bridgehead atoms. The van der Waals surface area contributed by atoms with Crippen LogP contribution in [0.15, 0.2) is 11.1 Å². The van der Waals surface area contributed by atoms with Gasteiger partial charge in [0.25, 0.3) is 0 Å². The lowest BCUT2D eigenvalue weighted by atomic mass is 10.0. The predicted molar refractivity (Wildman–Crippen MR) is 67.7 cm³/mol. The van der Waals surface area contributed by atoms with Crippen LogP contribution in [0.2, 0.25) is 0 Å². The standard InChI is InChI=1S/C14H22N2O/c1-15-9-11(8-14(15)17)10-16-6-4-13(5-7-16)12-2-3-12/h11H,2-10H2,1H3. The van der Waals surface area contributed by atoms with Gasteiger partial charge >= 0.3 is 0 Å². The fraction of sp³-hybridized carbons (Fsp3) is 0.786. The third kappa shape index (κ3) is 2.54. The first-order valence-electron chi connectivity index (χ1n) is 6.88. The quantitative estimate of drug-likeness (QED) is 0.678. The molecule has 17 heavy (non-hydrogen) atoms. The van der Waals surface area contributed by atoms with Gasteiger partial charge in [-0.25, -0.2) is 0 Å². The first kappa shape index (κ1) is 11.3. The summed E-state index contributed by atoms with van der Waals surface area (Å²) in [5.74, 6) is 0.899. The largest absolute Gasteiger partial charge is 0.345 e. The molecule has 1 atom stereocenters. The second-order valence-electron chi connectivity index (χ2n) is 5.85. The number of allylic oxidation sites excluding steroid dienone is 1. The van der Waals surface area contributed by atoms with E-state index in [9.17, 15) is 4.79 Å². The monoisotopic (exact) mass is 234 g/mol. The second kappa shape index (κ2) is 4.45. The lowest BCUT2D eigenvalue weighted by Gasteiger charge is -2.30. The van der Waals surface area contributed by atoms with Crippen molar-refractivity contribution in [2.45, 2.75) is 32.1 Å². The molecule has 0 aromatic heterocycles. The van der Waals surface area contributed by atoms with Gasteiger partial charge < -0.3 is 9.80 Å². The Morgan fingerprint density at radius 1 is 1.12 bits per heavy atom. The molecular weight excluding hydrogens is 212 g/mol. The SMILES string of the molecule is CN1CC(CN2CCC(=C3CC3)CC2)CC1=O. The van der Waals surface area contributed by atoms with Crippen LogP contribution in [-0.2, 0) is 4.79 Å². The lowest BCUT2D eigenvalue weighted by molar-refractivity contribution is -0.126. The highest BCUT2D eigenvalue weighted by Crippen LogP contribution is 2.36. The lowest BCUT2D eigenvalue weighted by Crippen LogP contribution is -2.35. The molecule has 0 radical (unpaired) electrons. The Hall–Kier alpha value is -0.830. The number of amides is 1. The van der Waals surface area contributed by atoms with Crippen molar-refractivity contribution in [3.63, 3.8) is 0 Å². The first-order chi connectivity index (χ1) is 8.22. The van der Waals surface area contributed by atoms with E-state index in [1.54, 1.807) is 11.1 Å². The van der Waals surface area contributed by atoms with E-state index in [2.05, 4.69) is 4.90 Å². The van der Waals surface area contributed by atoms with Gasteiger partial charge in [-0.2, -0.15) is 0 Å². The number of carbonyl (C=O) groups excluding carboxylic acids is 1. The van der Waals surface area contributed by atoms with E-state index in [0.29, 0.717) is 11.8 Å². The van der Waals surface area contributed by atoms with Gasteiger partial charge in [-0.1, -0.05) is 11.1 Å². The molecule has 1 saturated carbocycles. The van der Waals surface area contributed by atoms with Crippen molar-refractivity contribution in [2.75, 3.05) is 33.2 Å². The molecule has 3 aliphatic rings. The fourth-order valence-corrected chi connectivity index (χ4v) is 3.22. The number of nitrogens with zero attached hydrogens (tertiary/aromatic N) is 2. The molecular formula is C14H22N2O. The summed E-state index contributed by atoms with van der Waals surface area (Å²) in [4.78, 5) is 15.9. The van der Waals surface area contributed by atoms with Gasteiger partial charge in [0, 0.05) is 39.6 Å². The number of hydrogen-bond acceptors (Lipinski definition) is 2. The maximum Gasteiger partial charge on any atom is 0.222 e. The molecule has 3 heteroatoms.